The van der Waals surface area contributed by atoms with Crippen LogP contribution in [0.3, 0.4) is 0 Å². The van der Waals surface area contributed by atoms with E-state index >= 15 is 0 Å². The van der Waals surface area contributed by atoms with Gasteiger partial charge in [0.05, 0.1) is 11.6 Å². The number of nitrogens with two attached hydrogens (primary N) is 1. The van der Waals surface area contributed by atoms with E-state index in [9.17, 15) is 4.79 Å². The van der Waals surface area contributed by atoms with Crippen LogP contribution < -0.4 is 11.1 Å². The Hall–Kier alpha value is -1.86. The second-order valence-electron chi connectivity index (χ2n) is 3.48. The number of hydrogen-bond acceptors (Lipinski definition) is 3. The molecule has 0 bridgehead atoms. The molecule has 4 heteroatoms. The van der Waals surface area contributed by atoms with Gasteiger partial charge in [-0.2, -0.15) is 5.26 Å². The average Bonchev–Trinajstić information content (AvgIpc) is 2.34. The highest BCUT2D eigenvalue weighted by Crippen LogP contribution is 2.03. The Bertz CT molecular complexity index is 395. The topological polar surface area (TPSA) is 78.9 Å². The lowest BCUT2D eigenvalue weighted by Gasteiger charge is -2.04. The van der Waals surface area contributed by atoms with E-state index in [0.29, 0.717) is 31.5 Å². The Balaban J connectivity index is 2.42. The van der Waals surface area contributed by atoms with Gasteiger partial charge in [0.25, 0.3) is 0 Å². The summed E-state index contributed by atoms with van der Waals surface area (Å²) in [4.78, 5) is 11.3. The van der Waals surface area contributed by atoms with Crippen LogP contribution >= 0.6 is 0 Å². The normalized spacial score (nSPS) is 9.50. The van der Waals surface area contributed by atoms with Crippen molar-refractivity contribution in [2.75, 3.05) is 6.54 Å². The van der Waals surface area contributed by atoms with Gasteiger partial charge in [-0.25, -0.2) is 0 Å². The van der Waals surface area contributed by atoms with Gasteiger partial charge < -0.3 is 11.1 Å². The first kappa shape index (κ1) is 12.2. The summed E-state index contributed by atoms with van der Waals surface area (Å²) < 4.78 is 0. The van der Waals surface area contributed by atoms with E-state index in [1.165, 1.54) is 0 Å². The van der Waals surface area contributed by atoms with Crippen LogP contribution in [-0.2, 0) is 11.3 Å². The molecule has 1 aromatic rings. The molecule has 0 fully saturated rings. The van der Waals surface area contributed by atoms with Crippen LogP contribution in [0.15, 0.2) is 24.3 Å². The number of amides is 1. The van der Waals surface area contributed by atoms with Crippen molar-refractivity contribution in [3.05, 3.63) is 35.4 Å². The van der Waals surface area contributed by atoms with Crippen molar-refractivity contribution in [2.24, 2.45) is 5.73 Å². The molecule has 0 heterocycles. The minimum absolute atomic E-state index is 0.00666. The molecule has 16 heavy (non-hydrogen) atoms. The van der Waals surface area contributed by atoms with Gasteiger partial charge in [-0.1, -0.05) is 12.1 Å². The largest absolute Gasteiger partial charge is 0.352 e. The Morgan fingerprint density at radius 1 is 1.50 bits per heavy atom. The lowest BCUT2D eigenvalue weighted by molar-refractivity contribution is -0.121. The molecule has 0 aliphatic rings. The number of carbonyl (C=O) groups is 1. The van der Waals surface area contributed by atoms with Crippen LogP contribution in [0.25, 0.3) is 0 Å². The van der Waals surface area contributed by atoms with Gasteiger partial charge in [0.2, 0.25) is 5.91 Å². The molecule has 1 aromatic carbocycles. The molecule has 0 aliphatic carbocycles. The maximum atomic E-state index is 11.3. The summed E-state index contributed by atoms with van der Waals surface area (Å²) in [6.07, 6.45) is 1.15. The predicted molar refractivity (Wildman–Crippen MR) is 61.3 cm³/mol. The third kappa shape index (κ3) is 4.11. The average molecular weight is 217 g/mol. The first-order chi connectivity index (χ1) is 7.76. The van der Waals surface area contributed by atoms with E-state index < -0.39 is 0 Å². The predicted octanol–water partition coefficient (Wildman–Crippen LogP) is 0.913. The Labute approximate surface area is 95.1 Å². The monoisotopic (exact) mass is 217 g/mol. The van der Waals surface area contributed by atoms with E-state index in [1.807, 2.05) is 6.07 Å². The third-order valence-electron chi connectivity index (χ3n) is 2.15. The number of nitrogens with zero attached hydrogens (tertiary/aromatic N) is 1. The SMILES string of the molecule is N#Cc1cccc(CNC(=O)CCCN)c1. The van der Waals surface area contributed by atoms with Crippen molar-refractivity contribution >= 4 is 5.91 Å². The van der Waals surface area contributed by atoms with Gasteiger partial charge >= 0.3 is 0 Å². The fourth-order valence-electron chi connectivity index (χ4n) is 1.30. The zero-order chi connectivity index (χ0) is 11.8. The highest BCUT2D eigenvalue weighted by Gasteiger charge is 2.00. The fourth-order valence-corrected chi connectivity index (χ4v) is 1.30. The van der Waals surface area contributed by atoms with Crippen LogP contribution in [-0.4, -0.2) is 12.5 Å². The van der Waals surface area contributed by atoms with Crippen molar-refractivity contribution in [1.29, 1.82) is 5.26 Å². The molecule has 0 spiro atoms. The summed E-state index contributed by atoms with van der Waals surface area (Å²) in [6, 6.07) is 9.25. The maximum absolute atomic E-state index is 11.3. The summed E-state index contributed by atoms with van der Waals surface area (Å²) in [6.45, 7) is 0.982. The van der Waals surface area contributed by atoms with Crippen LogP contribution in [0.4, 0.5) is 0 Å². The molecule has 4 nitrogen and oxygen atoms in total. The smallest absolute Gasteiger partial charge is 0.220 e. The molecule has 0 aromatic heterocycles. The Morgan fingerprint density at radius 2 is 2.31 bits per heavy atom. The summed E-state index contributed by atoms with van der Waals surface area (Å²) in [5.41, 5.74) is 6.84. The first-order valence-corrected chi connectivity index (χ1v) is 5.22. The van der Waals surface area contributed by atoms with Crippen LogP contribution in [0.5, 0.6) is 0 Å². The molecular weight excluding hydrogens is 202 g/mol. The quantitative estimate of drug-likeness (QED) is 0.769. The molecule has 0 unspecified atom stereocenters. The minimum Gasteiger partial charge on any atom is -0.352 e. The zero-order valence-corrected chi connectivity index (χ0v) is 9.07. The molecule has 0 radical (unpaired) electrons. The van der Waals surface area contributed by atoms with Crippen LogP contribution in [0.1, 0.15) is 24.0 Å². The third-order valence-corrected chi connectivity index (χ3v) is 2.15. The molecule has 84 valence electrons. The second kappa shape index (κ2) is 6.59. The Morgan fingerprint density at radius 3 is 3.00 bits per heavy atom. The summed E-state index contributed by atoms with van der Waals surface area (Å²) in [5.74, 6) is -0.00666. The van der Waals surface area contributed by atoms with E-state index in [1.54, 1.807) is 18.2 Å². The summed E-state index contributed by atoms with van der Waals surface area (Å²) in [5, 5.41) is 11.5. The number of rotatable bonds is 5. The van der Waals surface area contributed by atoms with Crippen LogP contribution in [0.2, 0.25) is 0 Å². The second-order valence-corrected chi connectivity index (χ2v) is 3.48. The molecule has 0 saturated carbocycles. The van der Waals surface area contributed by atoms with Gasteiger partial charge in [0, 0.05) is 13.0 Å². The van der Waals surface area contributed by atoms with Crippen molar-refractivity contribution in [2.45, 2.75) is 19.4 Å². The van der Waals surface area contributed by atoms with Gasteiger partial charge in [-0.15, -0.1) is 0 Å². The number of carbonyl (C=O) groups excluding carboxylic acids is 1. The van der Waals surface area contributed by atoms with Crippen molar-refractivity contribution < 1.29 is 4.79 Å². The molecule has 1 amide bonds. The van der Waals surface area contributed by atoms with Gasteiger partial charge in [0.1, 0.15) is 0 Å². The molecule has 0 saturated heterocycles. The number of benzene rings is 1. The number of nitriles is 1. The highest BCUT2D eigenvalue weighted by atomic mass is 16.1. The van der Waals surface area contributed by atoms with Gasteiger partial charge in [-0.3, -0.25) is 4.79 Å². The van der Waals surface area contributed by atoms with E-state index in [4.69, 9.17) is 11.0 Å². The van der Waals surface area contributed by atoms with Crippen LogP contribution in [0, 0.1) is 11.3 Å². The molecule has 3 N–H and O–H groups in total. The zero-order valence-electron chi connectivity index (χ0n) is 9.07. The molecular formula is C12H15N3O. The summed E-state index contributed by atoms with van der Waals surface area (Å²) >= 11 is 0. The van der Waals surface area contributed by atoms with E-state index in [-0.39, 0.29) is 5.91 Å². The van der Waals surface area contributed by atoms with Gasteiger partial charge in [-0.05, 0) is 30.7 Å². The fraction of sp³-hybridized carbons (Fsp3) is 0.333. The minimum atomic E-state index is -0.00666. The molecule has 0 aliphatic heterocycles. The molecule has 1 rings (SSSR count). The lowest BCUT2D eigenvalue weighted by atomic mass is 10.1. The first-order valence-electron chi connectivity index (χ1n) is 5.22. The lowest BCUT2D eigenvalue weighted by Crippen LogP contribution is -2.23. The van der Waals surface area contributed by atoms with Crippen molar-refractivity contribution in [3.63, 3.8) is 0 Å². The Kier molecular flexibility index (Phi) is 5.03. The maximum Gasteiger partial charge on any atom is 0.220 e. The number of hydrogen-bond donors (Lipinski definition) is 2. The summed E-state index contributed by atoms with van der Waals surface area (Å²) in [7, 11) is 0. The standard InChI is InChI=1S/C12H15N3O/c13-6-2-5-12(16)15-9-11-4-1-3-10(7-11)8-14/h1,3-4,7H,2,5-6,9,13H2,(H,15,16). The van der Waals surface area contributed by atoms with E-state index in [0.717, 1.165) is 5.56 Å². The van der Waals surface area contributed by atoms with Crippen molar-refractivity contribution in [3.8, 4) is 6.07 Å². The van der Waals surface area contributed by atoms with Crippen molar-refractivity contribution in [1.82, 2.24) is 5.32 Å². The highest BCUT2D eigenvalue weighted by molar-refractivity contribution is 5.75. The number of nitrogens with one attached hydrogen (secondary N) is 1. The van der Waals surface area contributed by atoms with E-state index in [2.05, 4.69) is 11.4 Å². The van der Waals surface area contributed by atoms with Gasteiger partial charge in [0.15, 0.2) is 0 Å². The molecule has 0 atom stereocenters.